The molecule has 0 aromatic heterocycles. The molecule has 2 fully saturated rings. The van der Waals surface area contributed by atoms with E-state index in [-0.39, 0.29) is 36.5 Å². The Labute approximate surface area is 155 Å². The molecule has 2 N–H and O–H groups in total. The number of alkyl halides is 2. The number of carboxylic acid groups (broad SMARTS) is 1. The number of amides is 1. The van der Waals surface area contributed by atoms with Gasteiger partial charge in [-0.25, -0.2) is 0 Å². The zero-order valence-corrected chi connectivity index (χ0v) is 14.8. The minimum Gasteiger partial charge on any atom is -0.481 e. The van der Waals surface area contributed by atoms with Gasteiger partial charge in [0.2, 0.25) is 5.91 Å². The van der Waals surface area contributed by atoms with E-state index in [1.54, 1.807) is 0 Å². The van der Waals surface area contributed by atoms with Gasteiger partial charge in [0.25, 0.3) is 0 Å². The Bertz CT molecular complexity index is 659. The topological polar surface area (TPSA) is 78.9 Å². The number of carbonyl (C=O) groups excluding carboxylic acids is 1. The monoisotopic (exact) mass is 390 g/mol. The molecule has 0 spiro atoms. The van der Waals surface area contributed by atoms with Crippen molar-refractivity contribution in [2.24, 2.45) is 11.3 Å². The van der Waals surface area contributed by atoms with Crippen molar-refractivity contribution >= 4 is 30.0 Å². The zero-order chi connectivity index (χ0) is 18.0. The van der Waals surface area contributed by atoms with Gasteiger partial charge in [-0.1, -0.05) is 6.42 Å². The van der Waals surface area contributed by atoms with Crippen molar-refractivity contribution < 1.29 is 28.2 Å². The number of hydrogen-bond acceptors (Lipinski definition) is 4. The van der Waals surface area contributed by atoms with Crippen molar-refractivity contribution in [1.29, 1.82) is 0 Å². The Balaban J connectivity index is 0.00000243. The fraction of sp³-hybridized carbons (Fsp3) is 0.529. The van der Waals surface area contributed by atoms with Crippen molar-refractivity contribution in [2.75, 3.05) is 25.0 Å². The van der Waals surface area contributed by atoms with E-state index in [0.29, 0.717) is 25.2 Å². The predicted octanol–water partition coefficient (Wildman–Crippen LogP) is 2.84. The van der Waals surface area contributed by atoms with Crippen molar-refractivity contribution in [3.8, 4) is 5.75 Å². The number of halogens is 3. The van der Waals surface area contributed by atoms with Gasteiger partial charge in [-0.2, -0.15) is 8.78 Å². The molecule has 2 atom stereocenters. The van der Waals surface area contributed by atoms with E-state index in [0.717, 1.165) is 12.8 Å². The molecule has 9 heteroatoms. The number of nitrogens with zero attached hydrogens (tertiary/aromatic N) is 1. The molecule has 1 aromatic carbocycles. The summed E-state index contributed by atoms with van der Waals surface area (Å²) in [6.45, 7) is -1.78. The summed E-state index contributed by atoms with van der Waals surface area (Å²) in [6.07, 6.45) is 2.47. The summed E-state index contributed by atoms with van der Waals surface area (Å²) in [7, 11) is 0. The number of nitrogens with one attached hydrogen (secondary N) is 1. The highest BCUT2D eigenvalue weighted by molar-refractivity contribution is 5.92. The Hall–Kier alpha value is -1.93. The minimum atomic E-state index is -2.89. The Morgan fingerprint density at radius 1 is 1.35 bits per heavy atom. The third-order valence-corrected chi connectivity index (χ3v) is 5.10. The summed E-state index contributed by atoms with van der Waals surface area (Å²) in [5, 5.41) is 12.2. The normalized spacial score (nSPS) is 24.8. The fourth-order valence-electron chi connectivity index (χ4n) is 3.99. The van der Waals surface area contributed by atoms with Gasteiger partial charge < -0.3 is 15.2 Å². The van der Waals surface area contributed by atoms with Gasteiger partial charge in [-0.15, -0.1) is 12.4 Å². The van der Waals surface area contributed by atoms with E-state index in [1.807, 2.05) is 4.90 Å². The molecule has 0 unspecified atom stereocenters. The van der Waals surface area contributed by atoms with Gasteiger partial charge in [0.1, 0.15) is 5.75 Å². The molecule has 1 aromatic rings. The van der Waals surface area contributed by atoms with E-state index in [4.69, 9.17) is 0 Å². The van der Waals surface area contributed by atoms with E-state index >= 15 is 0 Å². The maximum absolute atomic E-state index is 12.2. The second-order valence-electron chi connectivity index (χ2n) is 6.67. The van der Waals surface area contributed by atoms with E-state index < -0.39 is 18.0 Å². The SMILES string of the molecule is Cl.O=C(CN1C[C@@H]2CCC[C@@]2(C(=O)O)C1)Nc1ccc(OC(F)F)cc1. The van der Waals surface area contributed by atoms with Crippen LogP contribution in [0.1, 0.15) is 19.3 Å². The average molecular weight is 391 g/mol. The number of fused-ring (bicyclic) bond motifs is 1. The van der Waals surface area contributed by atoms with Crippen LogP contribution >= 0.6 is 12.4 Å². The molecule has 1 aliphatic carbocycles. The number of benzene rings is 1. The molecule has 1 heterocycles. The van der Waals surface area contributed by atoms with Crippen LogP contribution in [0.3, 0.4) is 0 Å². The summed E-state index contributed by atoms with van der Waals surface area (Å²) in [4.78, 5) is 25.7. The van der Waals surface area contributed by atoms with Crippen LogP contribution in [0.4, 0.5) is 14.5 Å². The molecule has 26 heavy (non-hydrogen) atoms. The van der Waals surface area contributed by atoms with E-state index in [9.17, 15) is 23.5 Å². The summed E-state index contributed by atoms with van der Waals surface area (Å²) >= 11 is 0. The van der Waals surface area contributed by atoms with Crippen molar-refractivity contribution in [3.63, 3.8) is 0 Å². The largest absolute Gasteiger partial charge is 0.481 e. The molecular formula is C17H21ClF2N2O4. The van der Waals surface area contributed by atoms with Crippen LogP contribution < -0.4 is 10.1 Å². The van der Waals surface area contributed by atoms with Crippen molar-refractivity contribution in [3.05, 3.63) is 24.3 Å². The van der Waals surface area contributed by atoms with Crippen LogP contribution in [0.25, 0.3) is 0 Å². The molecule has 0 radical (unpaired) electrons. The second-order valence-corrected chi connectivity index (χ2v) is 6.67. The molecule has 2 aliphatic rings. The summed E-state index contributed by atoms with van der Waals surface area (Å²) in [5.74, 6) is -0.914. The number of rotatable bonds is 6. The first-order valence-electron chi connectivity index (χ1n) is 8.19. The Morgan fingerprint density at radius 3 is 2.62 bits per heavy atom. The van der Waals surface area contributed by atoms with Crippen LogP contribution in [0, 0.1) is 11.3 Å². The molecule has 144 valence electrons. The maximum atomic E-state index is 12.2. The lowest BCUT2D eigenvalue weighted by Crippen LogP contribution is -2.37. The van der Waals surface area contributed by atoms with Gasteiger partial charge >= 0.3 is 12.6 Å². The molecular weight excluding hydrogens is 370 g/mol. The second kappa shape index (κ2) is 8.18. The van der Waals surface area contributed by atoms with Crippen LogP contribution in [-0.2, 0) is 9.59 Å². The lowest BCUT2D eigenvalue weighted by molar-refractivity contribution is -0.149. The number of hydrogen-bond donors (Lipinski definition) is 2. The van der Waals surface area contributed by atoms with Crippen LogP contribution in [0.2, 0.25) is 0 Å². The number of carbonyl (C=O) groups is 2. The Morgan fingerprint density at radius 2 is 2.04 bits per heavy atom. The quantitative estimate of drug-likeness (QED) is 0.780. The number of carboxylic acids is 1. The van der Waals surface area contributed by atoms with Crippen molar-refractivity contribution in [1.82, 2.24) is 4.90 Å². The van der Waals surface area contributed by atoms with Gasteiger partial charge in [0.15, 0.2) is 0 Å². The maximum Gasteiger partial charge on any atom is 0.387 e. The standard InChI is InChI=1S/C17H20F2N2O4.ClH/c18-16(19)25-13-5-3-12(4-6-13)20-14(22)9-21-8-11-2-1-7-17(11,10-21)15(23)24;/h3-6,11,16H,1-2,7-10H2,(H,20,22)(H,23,24);1H/t11-,17+;/m0./s1. The fourth-order valence-corrected chi connectivity index (χ4v) is 3.99. The first kappa shape index (κ1) is 20.4. The Kier molecular flexibility index (Phi) is 6.41. The highest BCUT2D eigenvalue weighted by atomic mass is 35.5. The third kappa shape index (κ3) is 4.24. The van der Waals surface area contributed by atoms with Gasteiger partial charge in [-0.3, -0.25) is 14.5 Å². The number of ether oxygens (including phenoxy) is 1. The average Bonchev–Trinajstić information content (AvgIpc) is 3.06. The minimum absolute atomic E-state index is 0. The summed E-state index contributed by atoms with van der Waals surface area (Å²) in [6, 6.07) is 5.66. The van der Waals surface area contributed by atoms with Gasteiger partial charge in [-0.05, 0) is 43.0 Å². The number of likely N-dealkylation sites (tertiary alicyclic amines) is 1. The van der Waals surface area contributed by atoms with E-state index in [2.05, 4.69) is 10.1 Å². The van der Waals surface area contributed by atoms with E-state index in [1.165, 1.54) is 24.3 Å². The molecule has 1 amide bonds. The van der Waals surface area contributed by atoms with Crippen LogP contribution in [0.5, 0.6) is 5.75 Å². The highest BCUT2D eigenvalue weighted by Crippen LogP contribution is 2.48. The first-order valence-corrected chi connectivity index (χ1v) is 8.19. The van der Waals surface area contributed by atoms with Gasteiger partial charge in [0.05, 0.1) is 12.0 Å². The first-order chi connectivity index (χ1) is 11.9. The van der Waals surface area contributed by atoms with Crippen LogP contribution in [0.15, 0.2) is 24.3 Å². The third-order valence-electron chi connectivity index (χ3n) is 5.10. The summed E-state index contributed by atoms with van der Waals surface area (Å²) in [5.41, 5.74) is -0.242. The summed E-state index contributed by atoms with van der Waals surface area (Å²) < 4.78 is 28.5. The lowest BCUT2D eigenvalue weighted by Gasteiger charge is -2.23. The molecule has 6 nitrogen and oxygen atoms in total. The molecule has 1 saturated carbocycles. The molecule has 1 saturated heterocycles. The molecule has 3 rings (SSSR count). The van der Waals surface area contributed by atoms with Gasteiger partial charge in [0, 0.05) is 18.8 Å². The van der Waals surface area contributed by atoms with Crippen molar-refractivity contribution in [2.45, 2.75) is 25.9 Å². The number of anilines is 1. The number of aliphatic carboxylic acids is 1. The zero-order valence-electron chi connectivity index (χ0n) is 14.0. The molecule has 1 aliphatic heterocycles. The predicted molar refractivity (Wildman–Crippen MR) is 92.8 cm³/mol. The molecule has 0 bridgehead atoms. The highest BCUT2D eigenvalue weighted by Gasteiger charge is 2.54. The smallest absolute Gasteiger partial charge is 0.387 e. The lowest BCUT2D eigenvalue weighted by atomic mass is 9.81. The van der Waals surface area contributed by atoms with Crippen LogP contribution in [-0.4, -0.2) is 48.1 Å².